The summed E-state index contributed by atoms with van der Waals surface area (Å²) in [4.78, 5) is 4.82. The Morgan fingerprint density at radius 2 is 1.53 bits per heavy atom. The third-order valence-corrected chi connectivity index (χ3v) is 7.67. The molecule has 5 aromatic rings. The van der Waals surface area contributed by atoms with E-state index in [0.717, 1.165) is 16.3 Å². The quantitative estimate of drug-likeness (QED) is 0.263. The van der Waals surface area contributed by atoms with Gasteiger partial charge in [0, 0.05) is 5.56 Å². The zero-order valence-electron chi connectivity index (χ0n) is 17.0. The molecular formula is C26H18N2O2S2. The fourth-order valence-electron chi connectivity index (χ4n) is 3.50. The minimum Gasteiger partial charge on any atom is -0.222 e. The molecule has 0 spiro atoms. The first-order valence-corrected chi connectivity index (χ1v) is 12.4. The van der Waals surface area contributed by atoms with Gasteiger partial charge in [0.05, 0.1) is 21.7 Å². The van der Waals surface area contributed by atoms with Crippen LogP contribution in [0.3, 0.4) is 0 Å². The summed E-state index contributed by atoms with van der Waals surface area (Å²) in [6.45, 7) is 0. The highest BCUT2D eigenvalue weighted by Crippen LogP contribution is 2.30. The molecule has 0 bridgehead atoms. The molecule has 0 aliphatic carbocycles. The summed E-state index contributed by atoms with van der Waals surface area (Å²) in [5.41, 5.74) is 2.11. The number of para-hydroxylation sites is 2. The molecule has 0 atom stereocenters. The smallest absolute Gasteiger partial charge is 0.222 e. The Morgan fingerprint density at radius 3 is 2.38 bits per heavy atom. The molecule has 0 saturated heterocycles. The lowest BCUT2D eigenvalue weighted by atomic mass is 10.1. The van der Waals surface area contributed by atoms with Crippen LogP contribution in [0.1, 0.15) is 5.56 Å². The van der Waals surface area contributed by atoms with E-state index in [0.29, 0.717) is 21.9 Å². The minimum absolute atomic E-state index is 0.233. The van der Waals surface area contributed by atoms with Crippen molar-refractivity contribution in [2.75, 3.05) is 5.75 Å². The van der Waals surface area contributed by atoms with Gasteiger partial charge < -0.3 is 0 Å². The highest BCUT2D eigenvalue weighted by atomic mass is 32.2. The van der Waals surface area contributed by atoms with E-state index in [1.165, 1.54) is 15.7 Å². The Kier molecular flexibility index (Phi) is 5.44. The van der Waals surface area contributed by atoms with Crippen LogP contribution in [-0.4, -0.2) is 23.1 Å². The van der Waals surface area contributed by atoms with E-state index in [9.17, 15) is 8.42 Å². The normalized spacial score (nSPS) is 11.4. The molecule has 1 aromatic heterocycles. The lowest BCUT2D eigenvalue weighted by molar-refractivity contribution is 0.584. The number of hydrogen-bond acceptors (Lipinski definition) is 4. The summed E-state index contributed by atoms with van der Waals surface area (Å²) in [5.74, 6) is 6.63. The van der Waals surface area contributed by atoms with E-state index in [2.05, 4.69) is 16.8 Å². The maximum atomic E-state index is 13.7. The van der Waals surface area contributed by atoms with Gasteiger partial charge in [0.15, 0.2) is 5.16 Å². The van der Waals surface area contributed by atoms with Crippen LogP contribution in [0.2, 0.25) is 0 Å². The molecule has 0 aliphatic rings. The second-order valence-corrected chi connectivity index (χ2v) is 9.85. The van der Waals surface area contributed by atoms with Gasteiger partial charge in [-0.3, -0.25) is 0 Å². The number of aromatic nitrogens is 2. The summed E-state index contributed by atoms with van der Waals surface area (Å²) in [7, 11) is -3.85. The van der Waals surface area contributed by atoms with E-state index in [1.807, 2.05) is 78.9 Å². The molecule has 4 aromatic carbocycles. The zero-order chi connectivity index (χ0) is 22.0. The molecule has 1 heterocycles. The van der Waals surface area contributed by atoms with Crippen molar-refractivity contribution in [1.29, 1.82) is 0 Å². The van der Waals surface area contributed by atoms with Crippen molar-refractivity contribution in [1.82, 2.24) is 8.96 Å². The first-order chi connectivity index (χ1) is 15.6. The maximum Gasteiger partial charge on any atom is 0.270 e. The molecule has 6 heteroatoms. The number of nitrogens with zero attached hydrogens (tertiary/aromatic N) is 2. The largest absolute Gasteiger partial charge is 0.270 e. The van der Waals surface area contributed by atoms with Gasteiger partial charge in [-0.05, 0) is 47.2 Å². The molecule has 0 N–H and O–H groups in total. The number of thioether (sulfide) groups is 1. The predicted octanol–water partition coefficient (Wildman–Crippen LogP) is 5.57. The van der Waals surface area contributed by atoms with Crippen molar-refractivity contribution < 1.29 is 8.42 Å². The molecule has 0 unspecified atom stereocenters. The second-order valence-electron chi connectivity index (χ2n) is 7.12. The van der Waals surface area contributed by atoms with Gasteiger partial charge >= 0.3 is 0 Å². The Bertz CT molecular complexity index is 1600. The van der Waals surface area contributed by atoms with Gasteiger partial charge in [-0.2, -0.15) is 0 Å². The molecule has 156 valence electrons. The van der Waals surface area contributed by atoms with E-state index < -0.39 is 10.0 Å². The third kappa shape index (κ3) is 3.89. The van der Waals surface area contributed by atoms with Crippen molar-refractivity contribution in [3.8, 4) is 11.8 Å². The fourth-order valence-corrected chi connectivity index (χ4v) is 5.99. The van der Waals surface area contributed by atoms with E-state index >= 15 is 0 Å². The minimum atomic E-state index is -3.85. The first-order valence-electron chi connectivity index (χ1n) is 10.0. The van der Waals surface area contributed by atoms with Crippen LogP contribution in [-0.2, 0) is 10.0 Å². The fraction of sp³-hybridized carbons (Fsp3) is 0.0385. The SMILES string of the molecule is O=S(=O)(c1ccc2ccccc2c1)n1c(SCC#Cc2ccccc2)nc2ccccc21. The summed E-state index contributed by atoms with van der Waals surface area (Å²) < 4.78 is 28.7. The summed E-state index contributed by atoms with van der Waals surface area (Å²) in [5, 5.41) is 2.27. The zero-order valence-corrected chi connectivity index (χ0v) is 18.6. The van der Waals surface area contributed by atoms with Gasteiger partial charge in [-0.1, -0.05) is 84.3 Å². The van der Waals surface area contributed by atoms with Gasteiger partial charge in [0.1, 0.15) is 0 Å². The van der Waals surface area contributed by atoms with Crippen molar-refractivity contribution in [3.63, 3.8) is 0 Å². The molecule has 0 amide bonds. The standard InChI is InChI=1S/C26H18N2O2S2/c29-32(30,23-17-16-21-12-4-5-13-22(21)19-23)28-25-15-7-6-14-24(25)27-26(28)31-18-8-11-20-9-2-1-3-10-20/h1-7,9-10,12-17,19H,18H2. The molecule has 32 heavy (non-hydrogen) atoms. The number of fused-ring (bicyclic) bond motifs is 2. The molecule has 0 saturated carbocycles. The van der Waals surface area contributed by atoms with Crippen molar-refractivity contribution in [3.05, 3.63) is 103 Å². The Morgan fingerprint density at radius 1 is 0.812 bits per heavy atom. The highest BCUT2D eigenvalue weighted by molar-refractivity contribution is 8.00. The lowest BCUT2D eigenvalue weighted by Crippen LogP contribution is -2.14. The number of benzene rings is 4. The van der Waals surface area contributed by atoms with E-state index in [4.69, 9.17) is 0 Å². The van der Waals surface area contributed by atoms with Gasteiger partial charge in [-0.15, -0.1) is 0 Å². The average Bonchev–Trinajstić information content (AvgIpc) is 3.21. The van der Waals surface area contributed by atoms with Crippen LogP contribution in [0.15, 0.2) is 107 Å². The van der Waals surface area contributed by atoms with Gasteiger partial charge in [-0.25, -0.2) is 17.4 Å². The first kappa shape index (κ1) is 20.4. The van der Waals surface area contributed by atoms with Crippen LogP contribution < -0.4 is 0 Å². The van der Waals surface area contributed by atoms with Crippen LogP contribution in [0.25, 0.3) is 21.8 Å². The van der Waals surface area contributed by atoms with E-state index in [1.54, 1.807) is 18.2 Å². The van der Waals surface area contributed by atoms with Gasteiger partial charge in [0.2, 0.25) is 0 Å². The lowest BCUT2D eigenvalue weighted by Gasteiger charge is -2.10. The Hall–Kier alpha value is -3.53. The summed E-state index contributed by atoms with van der Waals surface area (Å²) >= 11 is 1.32. The maximum absolute atomic E-state index is 13.7. The average molecular weight is 455 g/mol. The van der Waals surface area contributed by atoms with Crippen LogP contribution >= 0.6 is 11.8 Å². The molecule has 5 rings (SSSR count). The van der Waals surface area contributed by atoms with Crippen molar-refractivity contribution in [2.24, 2.45) is 0 Å². The number of hydrogen-bond donors (Lipinski definition) is 0. The monoisotopic (exact) mass is 454 g/mol. The predicted molar refractivity (Wildman–Crippen MR) is 130 cm³/mol. The summed E-state index contributed by atoms with van der Waals surface area (Å²) in [6.07, 6.45) is 0. The van der Waals surface area contributed by atoms with Crippen LogP contribution in [0, 0.1) is 11.8 Å². The third-order valence-electron chi connectivity index (χ3n) is 5.03. The molecule has 0 fully saturated rings. The van der Waals surface area contributed by atoms with Gasteiger partial charge in [0.25, 0.3) is 10.0 Å². The molecule has 0 aliphatic heterocycles. The molecular weight excluding hydrogens is 436 g/mol. The van der Waals surface area contributed by atoms with Crippen LogP contribution in [0.4, 0.5) is 0 Å². The van der Waals surface area contributed by atoms with Crippen molar-refractivity contribution >= 4 is 43.6 Å². The van der Waals surface area contributed by atoms with Crippen molar-refractivity contribution in [2.45, 2.75) is 10.1 Å². The number of rotatable bonds is 4. The number of imidazole rings is 1. The summed E-state index contributed by atoms with van der Waals surface area (Å²) in [6, 6.07) is 29.9. The Labute approximate surface area is 191 Å². The highest BCUT2D eigenvalue weighted by Gasteiger charge is 2.24. The Balaban J connectivity index is 1.55. The second kappa shape index (κ2) is 8.54. The van der Waals surface area contributed by atoms with E-state index in [-0.39, 0.29) is 4.90 Å². The molecule has 0 radical (unpaired) electrons. The topological polar surface area (TPSA) is 52.0 Å². The molecule has 4 nitrogen and oxygen atoms in total. The van der Waals surface area contributed by atoms with Crippen LogP contribution in [0.5, 0.6) is 0 Å².